The largest absolute Gasteiger partial charge is 0.496 e. The Labute approximate surface area is 171 Å². The molecule has 1 fully saturated rings. The number of likely N-dealkylation sites (tertiary alicyclic amines) is 1. The van der Waals surface area contributed by atoms with Crippen LogP contribution in [-0.2, 0) is 11.2 Å². The standard InChI is InChI=1S/C22H28N4O3/c1-22(2,3)29-21(27)25-11-8-19(9-12-25)26-15-18(14-24-26)17-6-5-16(7-10-23)20(13-17)28-4/h5-6,13-15,19H,7-9,11-12H2,1-4H3. The van der Waals surface area contributed by atoms with Crippen molar-refractivity contribution >= 4 is 6.09 Å². The number of nitrogens with zero attached hydrogens (tertiary/aromatic N) is 4. The van der Waals surface area contributed by atoms with Crippen molar-refractivity contribution in [1.82, 2.24) is 14.7 Å². The number of carbonyl (C=O) groups excluding carboxylic acids is 1. The number of aromatic nitrogens is 2. The van der Waals surface area contributed by atoms with Crippen molar-refractivity contribution in [2.75, 3.05) is 20.2 Å². The van der Waals surface area contributed by atoms with Crippen molar-refractivity contribution in [1.29, 1.82) is 5.26 Å². The van der Waals surface area contributed by atoms with E-state index in [0.717, 1.165) is 29.5 Å². The number of carbonyl (C=O) groups is 1. The molecule has 2 aromatic rings. The van der Waals surface area contributed by atoms with Crippen LogP contribution < -0.4 is 4.74 Å². The molecule has 154 valence electrons. The summed E-state index contributed by atoms with van der Waals surface area (Å²) < 4.78 is 12.9. The van der Waals surface area contributed by atoms with Crippen LogP contribution in [0.4, 0.5) is 4.79 Å². The monoisotopic (exact) mass is 396 g/mol. The van der Waals surface area contributed by atoms with Crippen molar-refractivity contribution in [2.45, 2.75) is 51.7 Å². The molecule has 29 heavy (non-hydrogen) atoms. The van der Waals surface area contributed by atoms with Gasteiger partial charge in [0.25, 0.3) is 0 Å². The Hall–Kier alpha value is -3.01. The van der Waals surface area contributed by atoms with Gasteiger partial charge in [0, 0.05) is 30.4 Å². The summed E-state index contributed by atoms with van der Waals surface area (Å²) in [5, 5.41) is 13.5. The van der Waals surface area contributed by atoms with Crippen molar-refractivity contribution in [3.63, 3.8) is 0 Å². The van der Waals surface area contributed by atoms with Gasteiger partial charge in [-0.2, -0.15) is 10.4 Å². The summed E-state index contributed by atoms with van der Waals surface area (Å²) in [4.78, 5) is 14.0. The van der Waals surface area contributed by atoms with E-state index in [9.17, 15) is 4.79 Å². The number of benzene rings is 1. The smallest absolute Gasteiger partial charge is 0.410 e. The molecule has 0 atom stereocenters. The van der Waals surface area contributed by atoms with Crippen LogP contribution in [0.25, 0.3) is 11.1 Å². The summed E-state index contributed by atoms with van der Waals surface area (Å²) >= 11 is 0. The van der Waals surface area contributed by atoms with Gasteiger partial charge >= 0.3 is 6.09 Å². The lowest BCUT2D eigenvalue weighted by atomic mass is 10.0. The molecule has 1 saturated heterocycles. The van der Waals surface area contributed by atoms with E-state index in [1.165, 1.54) is 0 Å². The Bertz CT molecular complexity index is 900. The molecule has 1 aliphatic heterocycles. The SMILES string of the molecule is COc1cc(-c2cnn(C3CCN(C(=O)OC(C)(C)C)CC3)c2)ccc1CC#N. The van der Waals surface area contributed by atoms with Gasteiger partial charge in [-0.05, 0) is 45.2 Å². The lowest BCUT2D eigenvalue weighted by molar-refractivity contribution is 0.0185. The molecule has 1 amide bonds. The summed E-state index contributed by atoms with van der Waals surface area (Å²) in [6.45, 7) is 6.96. The van der Waals surface area contributed by atoms with Gasteiger partial charge in [0.1, 0.15) is 11.4 Å². The van der Waals surface area contributed by atoms with Crippen molar-refractivity contribution in [3.8, 4) is 22.9 Å². The fourth-order valence-electron chi connectivity index (χ4n) is 3.48. The number of nitriles is 1. The molecule has 7 nitrogen and oxygen atoms in total. The van der Waals surface area contributed by atoms with Crippen LogP contribution in [0.2, 0.25) is 0 Å². The Balaban J connectivity index is 1.66. The highest BCUT2D eigenvalue weighted by molar-refractivity contribution is 5.68. The van der Waals surface area contributed by atoms with E-state index in [4.69, 9.17) is 14.7 Å². The summed E-state index contributed by atoms with van der Waals surface area (Å²) in [5.74, 6) is 0.711. The van der Waals surface area contributed by atoms with Gasteiger partial charge in [-0.25, -0.2) is 4.79 Å². The molecule has 0 bridgehead atoms. The number of amides is 1. The summed E-state index contributed by atoms with van der Waals surface area (Å²) in [5.41, 5.74) is 2.40. The first kappa shape index (κ1) is 20.7. The minimum absolute atomic E-state index is 0.248. The first-order valence-corrected chi connectivity index (χ1v) is 9.87. The van der Waals surface area contributed by atoms with Crippen LogP contribution in [0.1, 0.15) is 45.2 Å². The minimum atomic E-state index is -0.478. The number of hydrogen-bond acceptors (Lipinski definition) is 5. The molecule has 0 unspecified atom stereocenters. The van der Waals surface area contributed by atoms with Crippen LogP contribution in [0, 0.1) is 11.3 Å². The van der Waals surface area contributed by atoms with E-state index in [1.807, 2.05) is 56.0 Å². The van der Waals surface area contributed by atoms with Crippen LogP contribution in [-0.4, -0.2) is 46.6 Å². The molecular formula is C22H28N4O3. The zero-order valence-corrected chi connectivity index (χ0v) is 17.5. The molecule has 1 aromatic heterocycles. The van der Waals surface area contributed by atoms with Crippen molar-refractivity contribution in [3.05, 3.63) is 36.2 Å². The number of piperidine rings is 1. The average Bonchev–Trinajstić information content (AvgIpc) is 3.17. The highest BCUT2D eigenvalue weighted by atomic mass is 16.6. The number of methoxy groups -OCH3 is 1. The van der Waals surface area contributed by atoms with Gasteiger partial charge in [-0.15, -0.1) is 0 Å². The van der Waals surface area contributed by atoms with Gasteiger partial charge in [0.05, 0.1) is 31.8 Å². The molecular weight excluding hydrogens is 368 g/mol. The van der Waals surface area contributed by atoms with Gasteiger partial charge in [-0.3, -0.25) is 4.68 Å². The summed E-state index contributed by atoms with van der Waals surface area (Å²) in [6, 6.07) is 8.26. The highest BCUT2D eigenvalue weighted by Gasteiger charge is 2.27. The predicted molar refractivity (Wildman–Crippen MR) is 110 cm³/mol. The Morgan fingerprint density at radius 3 is 2.62 bits per heavy atom. The van der Waals surface area contributed by atoms with Crippen LogP contribution >= 0.6 is 0 Å². The van der Waals surface area contributed by atoms with E-state index in [0.29, 0.717) is 25.3 Å². The molecule has 0 spiro atoms. The summed E-state index contributed by atoms with van der Waals surface area (Å²) in [7, 11) is 1.61. The summed E-state index contributed by atoms with van der Waals surface area (Å²) in [6.07, 6.45) is 5.63. The Morgan fingerprint density at radius 2 is 2.00 bits per heavy atom. The second-order valence-corrected chi connectivity index (χ2v) is 8.27. The minimum Gasteiger partial charge on any atom is -0.496 e. The van der Waals surface area contributed by atoms with Crippen molar-refractivity contribution in [2.24, 2.45) is 0 Å². The average molecular weight is 396 g/mol. The zero-order valence-electron chi connectivity index (χ0n) is 17.5. The van der Waals surface area contributed by atoms with Gasteiger partial charge in [-0.1, -0.05) is 12.1 Å². The molecule has 7 heteroatoms. The second-order valence-electron chi connectivity index (χ2n) is 8.27. The van der Waals surface area contributed by atoms with Gasteiger partial charge in [0.15, 0.2) is 0 Å². The lowest BCUT2D eigenvalue weighted by Gasteiger charge is -2.33. The number of rotatable bonds is 4. The number of hydrogen-bond donors (Lipinski definition) is 0. The maximum Gasteiger partial charge on any atom is 0.410 e. The molecule has 1 aliphatic rings. The molecule has 3 rings (SSSR count). The third-order valence-electron chi connectivity index (χ3n) is 4.98. The van der Waals surface area contributed by atoms with E-state index in [2.05, 4.69) is 11.2 Å². The Morgan fingerprint density at radius 1 is 1.28 bits per heavy atom. The van der Waals surface area contributed by atoms with Crippen LogP contribution in [0.3, 0.4) is 0 Å². The van der Waals surface area contributed by atoms with Gasteiger partial charge < -0.3 is 14.4 Å². The third-order valence-corrected chi connectivity index (χ3v) is 4.98. The maximum absolute atomic E-state index is 12.2. The third kappa shape index (κ3) is 5.08. The molecule has 0 N–H and O–H groups in total. The fourth-order valence-corrected chi connectivity index (χ4v) is 3.48. The highest BCUT2D eigenvalue weighted by Crippen LogP contribution is 2.29. The maximum atomic E-state index is 12.2. The number of ether oxygens (including phenoxy) is 2. The Kier molecular flexibility index (Phi) is 6.12. The second kappa shape index (κ2) is 8.56. The van der Waals surface area contributed by atoms with Gasteiger partial charge in [0.2, 0.25) is 0 Å². The molecule has 0 saturated carbocycles. The van der Waals surface area contributed by atoms with E-state index in [1.54, 1.807) is 12.0 Å². The first-order chi connectivity index (χ1) is 13.8. The van der Waals surface area contributed by atoms with E-state index in [-0.39, 0.29) is 12.1 Å². The quantitative estimate of drug-likeness (QED) is 0.774. The predicted octanol–water partition coefficient (Wildman–Crippen LogP) is 4.20. The van der Waals surface area contributed by atoms with Crippen LogP contribution in [0.5, 0.6) is 5.75 Å². The first-order valence-electron chi connectivity index (χ1n) is 9.87. The van der Waals surface area contributed by atoms with Crippen LogP contribution in [0.15, 0.2) is 30.6 Å². The van der Waals surface area contributed by atoms with Crippen molar-refractivity contribution < 1.29 is 14.3 Å². The van der Waals surface area contributed by atoms with E-state index >= 15 is 0 Å². The molecule has 0 aliphatic carbocycles. The lowest BCUT2D eigenvalue weighted by Crippen LogP contribution is -2.42. The zero-order chi connectivity index (χ0) is 21.0. The van der Waals surface area contributed by atoms with E-state index < -0.39 is 5.60 Å². The topological polar surface area (TPSA) is 80.4 Å². The molecule has 2 heterocycles. The fraction of sp³-hybridized carbons (Fsp3) is 0.500. The molecule has 0 radical (unpaired) electrons. The normalized spacial score (nSPS) is 15.1. The molecule has 1 aromatic carbocycles.